The van der Waals surface area contributed by atoms with Crippen LogP contribution >= 0.6 is 11.6 Å². The molecule has 0 aliphatic carbocycles. The van der Waals surface area contributed by atoms with Gasteiger partial charge in [0.15, 0.2) is 0 Å². The quantitative estimate of drug-likeness (QED) is 0.759. The highest BCUT2D eigenvalue weighted by molar-refractivity contribution is 6.31. The van der Waals surface area contributed by atoms with Crippen LogP contribution in [0.1, 0.15) is 15.9 Å². The Hall–Kier alpha value is -2.20. The predicted molar refractivity (Wildman–Crippen MR) is 83.7 cm³/mol. The van der Waals surface area contributed by atoms with Crippen LogP contribution in [0.15, 0.2) is 36.4 Å². The standard InChI is InChI=1S/C15H16ClN3O/c1-9-3-5-11(8-12(9)16)19-14-6-4-10(7-13(14)17)15(20)18-2/h3-8,19H,17H2,1-2H3,(H,18,20). The van der Waals surface area contributed by atoms with Crippen LogP contribution in [0.25, 0.3) is 0 Å². The Kier molecular flexibility index (Phi) is 4.15. The highest BCUT2D eigenvalue weighted by atomic mass is 35.5. The van der Waals surface area contributed by atoms with Crippen LogP contribution in [0.4, 0.5) is 17.1 Å². The van der Waals surface area contributed by atoms with Crippen molar-refractivity contribution in [2.75, 3.05) is 18.1 Å². The highest BCUT2D eigenvalue weighted by Gasteiger charge is 2.07. The average Bonchev–Trinajstić information content (AvgIpc) is 2.44. The van der Waals surface area contributed by atoms with Crippen molar-refractivity contribution >= 4 is 34.6 Å². The third-order valence-electron chi connectivity index (χ3n) is 2.99. The molecule has 0 aromatic heterocycles. The minimum absolute atomic E-state index is 0.165. The molecule has 0 heterocycles. The Morgan fingerprint density at radius 3 is 2.55 bits per heavy atom. The molecule has 1 amide bonds. The molecule has 4 N–H and O–H groups in total. The van der Waals surface area contributed by atoms with E-state index >= 15 is 0 Å². The molecule has 0 atom stereocenters. The number of hydrogen-bond donors (Lipinski definition) is 3. The first kappa shape index (κ1) is 14.2. The fraction of sp³-hybridized carbons (Fsp3) is 0.133. The maximum Gasteiger partial charge on any atom is 0.251 e. The molecule has 0 saturated carbocycles. The summed E-state index contributed by atoms with van der Waals surface area (Å²) in [6.45, 7) is 1.94. The second-order valence-corrected chi connectivity index (χ2v) is 4.88. The van der Waals surface area contributed by atoms with Gasteiger partial charge in [-0.15, -0.1) is 0 Å². The van der Waals surface area contributed by atoms with Gasteiger partial charge in [-0.1, -0.05) is 17.7 Å². The summed E-state index contributed by atoms with van der Waals surface area (Å²) in [5.74, 6) is -0.165. The maximum absolute atomic E-state index is 11.5. The number of hydrogen-bond acceptors (Lipinski definition) is 3. The van der Waals surface area contributed by atoms with Crippen LogP contribution in [0, 0.1) is 6.92 Å². The fourth-order valence-corrected chi connectivity index (χ4v) is 1.97. The molecular formula is C15H16ClN3O. The molecule has 20 heavy (non-hydrogen) atoms. The van der Waals surface area contributed by atoms with E-state index in [0.29, 0.717) is 16.3 Å². The van der Waals surface area contributed by atoms with Gasteiger partial charge in [-0.3, -0.25) is 4.79 Å². The summed E-state index contributed by atoms with van der Waals surface area (Å²) in [4.78, 5) is 11.5. The number of amides is 1. The molecule has 2 aromatic rings. The molecule has 2 rings (SSSR count). The number of nitrogen functional groups attached to an aromatic ring is 1. The summed E-state index contributed by atoms with van der Waals surface area (Å²) in [6, 6.07) is 10.8. The number of anilines is 3. The van der Waals surface area contributed by atoms with Crippen molar-refractivity contribution in [2.45, 2.75) is 6.92 Å². The predicted octanol–water partition coefficient (Wildman–Crippen LogP) is 3.33. The van der Waals surface area contributed by atoms with Crippen LogP contribution in [0.5, 0.6) is 0 Å². The molecular weight excluding hydrogens is 274 g/mol. The van der Waals surface area contributed by atoms with Crippen molar-refractivity contribution in [3.8, 4) is 0 Å². The van der Waals surface area contributed by atoms with Crippen molar-refractivity contribution in [1.29, 1.82) is 0 Å². The number of aryl methyl sites for hydroxylation is 1. The molecule has 5 heteroatoms. The second-order valence-electron chi connectivity index (χ2n) is 4.47. The van der Waals surface area contributed by atoms with Gasteiger partial charge in [-0.25, -0.2) is 0 Å². The van der Waals surface area contributed by atoms with Gasteiger partial charge in [-0.05, 0) is 42.8 Å². The number of halogens is 1. The topological polar surface area (TPSA) is 67.2 Å². The zero-order valence-corrected chi connectivity index (χ0v) is 12.1. The van der Waals surface area contributed by atoms with Crippen LogP contribution in [0.2, 0.25) is 5.02 Å². The van der Waals surface area contributed by atoms with E-state index in [-0.39, 0.29) is 5.91 Å². The maximum atomic E-state index is 11.5. The molecule has 0 aliphatic heterocycles. The van der Waals surface area contributed by atoms with E-state index in [9.17, 15) is 4.79 Å². The summed E-state index contributed by atoms with van der Waals surface area (Å²) in [5.41, 5.74) is 9.58. The lowest BCUT2D eigenvalue weighted by Crippen LogP contribution is -2.17. The summed E-state index contributed by atoms with van der Waals surface area (Å²) < 4.78 is 0. The van der Waals surface area contributed by atoms with Gasteiger partial charge < -0.3 is 16.4 Å². The third-order valence-corrected chi connectivity index (χ3v) is 3.40. The van der Waals surface area contributed by atoms with Crippen molar-refractivity contribution in [3.05, 3.63) is 52.5 Å². The van der Waals surface area contributed by atoms with E-state index in [1.165, 1.54) is 0 Å². The van der Waals surface area contributed by atoms with Crippen LogP contribution < -0.4 is 16.4 Å². The normalized spacial score (nSPS) is 10.2. The van der Waals surface area contributed by atoms with Gasteiger partial charge in [0.05, 0.1) is 11.4 Å². The van der Waals surface area contributed by atoms with Crippen molar-refractivity contribution in [2.24, 2.45) is 0 Å². The van der Waals surface area contributed by atoms with Gasteiger partial charge in [0.2, 0.25) is 0 Å². The molecule has 0 fully saturated rings. The summed E-state index contributed by atoms with van der Waals surface area (Å²) in [7, 11) is 1.58. The number of nitrogens with two attached hydrogens (primary N) is 1. The van der Waals surface area contributed by atoms with Gasteiger partial charge >= 0.3 is 0 Å². The number of rotatable bonds is 3. The lowest BCUT2D eigenvalue weighted by molar-refractivity contribution is 0.0963. The fourth-order valence-electron chi connectivity index (χ4n) is 1.79. The average molecular weight is 290 g/mol. The van der Waals surface area contributed by atoms with Gasteiger partial charge in [-0.2, -0.15) is 0 Å². The molecule has 0 spiro atoms. The van der Waals surface area contributed by atoms with E-state index in [4.69, 9.17) is 17.3 Å². The summed E-state index contributed by atoms with van der Waals surface area (Å²) in [5, 5.41) is 6.43. The SMILES string of the molecule is CNC(=O)c1ccc(Nc2ccc(C)c(Cl)c2)c(N)c1. The Labute approximate surface area is 122 Å². The minimum atomic E-state index is -0.165. The molecule has 4 nitrogen and oxygen atoms in total. The van der Waals surface area contributed by atoms with E-state index < -0.39 is 0 Å². The van der Waals surface area contributed by atoms with Gasteiger partial charge in [0.1, 0.15) is 0 Å². The summed E-state index contributed by atoms with van der Waals surface area (Å²) >= 11 is 6.08. The zero-order chi connectivity index (χ0) is 14.7. The molecule has 0 radical (unpaired) electrons. The first-order chi connectivity index (χ1) is 9.51. The Morgan fingerprint density at radius 2 is 1.95 bits per heavy atom. The van der Waals surface area contributed by atoms with Crippen molar-refractivity contribution < 1.29 is 4.79 Å². The minimum Gasteiger partial charge on any atom is -0.397 e. The lowest BCUT2D eigenvalue weighted by atomic mass is 10.1. The zero-order valence-electron chi connectivity index (χ0n) is 11.3. The molecule has 104 valence electrons. The van der Waals surface area contributed by atoms with E-state index in [1.807, 2.05) is 25.1 Å². The van der Waals surface area contributed by atoms with Crippen molar-refractivity contribution in [3.63, 3.8) is 0 Å². The Balaban J connectivity index is 2.25. The number of carbonyl (C=O) groups is 1. The third kappa shape index (κ3) is 3.03. The largest absolute Gasteiger partial charge is 0.397 e. The van der Waals surface area contributed by atoms with Crippen LogP contribution in [0.3, 0.4) is 0 Å². The molecule has 0 saturated heterocycles. The van der Waals surface area contributed by atoms with E-state index in [2.05, 4.69) is 10.6 Å². The van der Waals surface area contributed by atoms with Gasteiger partial charge in [0.25, 0.3) is 5.91 Å². The van der Waals surface area contributed by atoms with Gasteiger partial charge in [0, 0.05) is 23.3 Å². The molecule has 0 unspecified atom stereocenters. The molecule has 0 bridgehead atoms. The number of benzene rings is 2. The van der Waals surface area contributed by atoms with Crippen molar-refractivity contribution in [1.82, 2.24) is 5.32 Å². The smallest absolute Gasteiger partial charge is 0.251 e. The lowest BCUT2D eigenvalue weighted by Gasteiger charge is -2.11. The molecule has 0 aliphatic rings. The monoisotopic (exact) mass is 289 g/mol. The highest BCUT2D eigenvalue weighted by Crippen LogP contribution is 2.27. The first-order valence-corrected chi connectivity index (χ1v) is 6.54. The first-order valence-electron chi connectivity index (χ1n) is 6.16. The number of nitrogens with one attached hydrogen (secondary N) is 2. The molecule has 2 aromatic carbocycles. The van der Waals surface area contributed by atoms with E-state index in [0.717, 1.165) is 16.9 Å². The van der Waals surface area contributed by atoms with E-state index in [1.54, 1.807) is 25.2 Å². The van der Waals surface area contributed by atoms with Crippen LogP contribution in [-0.2, 0) is 0 Å². The Morgan fingerprint density at radius 1 is 1.20 bits per heavy atom. The Bertz CT molecular complexity index is 656. The summed E-state index contributed by atoms with van der Waals surface area (Å²) in [6.07, 6.45) is 0. The van der Waals surface area contributed by atoms with Crippen LogP contribution in [-0.4, -0.2) is 13.0 Å². The second kappa shape index (κ2) is 5.84. The number of carbonyl (C=O) groups excluding carboxylic acids is 1.